The molecule has 0 aromatic rings. The zero-order valence-electron chi connectivity index (χ0n) is 1.89. The molecule has 1 radical (unpaired) electrons. The van der Waals surface area contributed by atoms with Gasteiger partial charge < -0.3 is 4.46 Å². The van der Waals surface area contributed by atoms with E-state index in [1.54, 1.807) is 0 Å². The van der Waals surface area contributed by atoms with E-state index in [4.69, 9.17) is 7.79 Å². The molecule has 0 aromatic carbocycles. The van der Waals surface area contributed by atoms with Crippen LogP contribution < -0.4 is 0 Å². The second-order valence-corrected chi connectivity index (χ2v) is 0. The van der Waals surface area contributed by atoms with Gasteiger partial charge in [0.1, 0.15) is 0 Å². The summed E-state index contributed by atoms with van der Waals surface area (Å²) in [6.07, 6.45) is 0. The van der Waals surface area contributed by atoms with E-state index >= 15 is 0 Å². The molecule has 0 aliphatic heterocycles. The zero-order valence-corrected chi connectivity index (χ0v) is 4.61. The molecule has 0 unspecified atom stereocenters. The SMILES string of the molecule is O=[SiH].[O]=[Ti]. The van der Waals surface area contributed by atoms with Crippen LogP contribution in [-0.2, 0) is 28.2 Å². The van der Waals surface area contributed by atoms with Gasteiger partial charge in [0.25, 0.3) is 0 Å². The van der Waals surface area contributed by atoms with Crippen molar-refractivity contribution >= 4 is 10.1 Å². The fourth-order valence-corrected chi connectivity index (χ4v) is 0. The molecule has 0 spiro atoms. The topological polar surface area (TPSA) is 34.1 Å². The summed E-state index contributed by atoms with van der Waals surface area (Å²) < 4.78 is 16.4. The average molecular weight is 109 g/mol. The average Bonchev–Trinajstić information content (AvgIpc) is 1.50. The van der Waals surface area contributed by atoms with Crippen LogP contribution in [0, 0.1) is 0 Å². The summed E-state index contributed by atoms with van der Waals surface area (Å²) in [5, 5.41) is 0. The third-order valence-electron chi connectivity index (χ3n) is 0. The van der Waals surface area contributed by atoms with Gasteiger partial charge in [-0.1, -0.05) is 0 Å². The van der Waals surface area contributed by atoms with Crippen molar-refractivity contribution in [3.05, 3.63) is 0 Å². The van der Waals surface area contributed by atoms with Crippen LogP contribution in [0.5, 0.6) is 0 Å². The molecule has 0 rings (SSSR count). The van der Waals surface area contributed by atoms with Crippen molar-refractivity contribution in [2.45, 2.75) is 0 Å². The van der Waals surface area contributed by atoms with E-state index in [2.05, 4.69) is 0 Å². The maximum atomic E-state index is 8.25. The number of hydrogen-bond donors (Lipinski definition) is 0. The molecule has 0 saturated heterocycles. The molecule has 0 heterocycles. The van der Waals surface area contributed by atoms with E-state index in [-0.39, 0.29) is 0 Å². The molecule has 4 heavy (non-hydrogen) atoms. The molecule has 0 aliphatic rings. The first kappa shape index (κ1) is 8.82. The van der Waals surface area contributed by atoms with E-state index < -0.39 is 0 Å². The fraction of sp³-hybridized carbons (Fsp3) is 0. The molecule has 0 saturated carbocycles. The first-order chi connectivity index (χ1) is 2.00. The van der Waals surface area contributed by atoms with Gasteiger partial charge in [-0.05, 0) is 0 Å². The van der Waals surface area contributed by atoms with Crippen LogP contribution >= 0.6 is 0 Å². The van der Waals surface area contributed by atoms with Gasteiger partial charge in [-0.25, -0.2) is 0 Å². The summed E-state index contributed by atoms with van der Waals surface area (Å²) in [5.41, 5.74) is 0. The van der Waals surface area contributed by atoms with E-state index in [9.17, 15) is 0 Å². The van der Waals surface area contributed by atoms with Gasteiger partial charge in [0.15, 0.2) is 0 Å². The molecule has 4 heteroatoms. The van der Waals surface area contributed by atoms with Gasteiger partial charge in [-0.3, -0.25) is 0 Å². The van der Waals surface area contributed by atoms with Gasteiger partial charge in [0.05, 0.1) is 0 Å². The summed E-state index contributed by atoms with van der Waals surface area (Å²) in [5.74, 6) is 0. The van der Waals surface area contributed by atoms with Crippen LogP contribution in [0.3, 0.4) is 0 Å². The molecule has 0 bridgehead atoms. The number of hydrogen-bond acceptors (Lipinski definition) is 2. The maximum absolute atomic E-state index is 8.25. The predicted molar refractivity (Wildman–Crippen MR) is 8.52 cm³/mol. The Morgan fingerprint density at radius 3 is 1.25 bits per heavy atom. The summed E-state index contributed by atoms with van der Waals surface area (Å²) in [4.78, 5) is 0. The molecule has 0 aromatic heterocycles. The Labute approximate surface area is 38.8 Å². The van der Waals surface area contributed by atoms with Crippen molar-refractivity contribution in [1.29, 1.82) is 0 Å². The van der Waals surface area contributed by atoms with Gasteiger partial charge in [-0.2, -0.15) is 0 Å². The van der Waals surface area contributed by atoms with Gasteiger partial charge >= 0.3 is 33.9 Å². The Morgan fingerprint density at radius 1 is 1.25 bits per heavy atom. The molecular formula is HO2SiTi. The summed E-state index contributed by atoms with van der Waals surface area (Å²) in [6.45, 7) is 0. The van der Waals surface area contributed by atoms with E-state index in [1.165, 1.54) is 10.1 Å². The van der Waals surface area contributed by atoms with Crippen LogP contribution in [0.25, 0.3) is 0 Å². The van der Waals surface area contributed by atoms with Crippen molar-refractivity contribution in [1.82, 2.24) is 0 Å². The molecule has 0 atom stereocenters. The molecule has 2 nitrogen and oxygen atoms in total. The van der Waals surface area contributed by atoms with Crippen LogP contribution in [0.1, 0.15) is 0 Å². The van der Waals surface area contributed by atoms with E-state index in [1.807, 2.05) is 0 Å². The fourth-order valence-electron chi connectivity index (χ4n) is 0. The number of rotatable bonds is 0. The monoisotopic (exact) mass is 109 g/mol. The minimum atomic E-state index is 0.750. The quantitative estimate of drug-likeness (QED) is 0.378. The van der Waals surface area contributed by atoms with Crippen molar-refractivity contribution < 1.29 is 28.2 Å². The van der Waals surface area contributed by atoms with Crippen LogP contribution in [0.15, 0.2) is 0 Å². The molecular weight excluding hydrogens is 108 g/mol. The van der Waals surface area contributed by atoms with E-state index in [0.29, 0.717) is 0 Å². The zero-order chi connectivity index (χ0) is 4.00. The summed E-state index contributed by atoms with van der Waals surface area (Å²) >= 11 is 0.750. The van der Waals surface area contributed by atoms with Gasteiger partial charge in [0, 0.05) is 0 Å². The summed E-state index contributed by atoms with van der Waals surface area (Å²) in [7, 11) is 1.17. The third kappa shape index (κ3) is 21.0. The van der Waals surface area contributed by atoms with Gasteiger partial charge in [0.2, 0.25) is 0 Å². The van der Waals surface area contributed by atoms with Crippen molar-refractivity contribution in [2.75, 3.05) is 0 Å². The van der Waals surface area contributed by atoms with Crippen molar-refractivity contribution in [3.8, 4) is 0 Å². The molecule has 21 valence electrons. The Balaban J connectivity index is 0. The predicted octanol–water partition coefficient (Wildman–Crippen LogP) is -0.889. The van der Waals surface area contributed by atoms with Crippen LogP contribution in [0.2, 0.25) is 0 Å². The second-order valence-electron chi connectivity index (χ2n) is 0. The van der Waals surface area contributed by atoms with Crippen molar-refractivity contribution in [3.63, 3.8) is 0 Å². The normalized spacial score (nSPS) is 1.75. The standard InChI is InChI=1S/HOSi.O.Ti/c1-2;;/h2H;;. The van der Waals surface area contributed by atoms with Crippen LogP contribution in [-0.4, -0.2) is 10.1 Å². The first-order valence-electron chi connectivity index (χ1n) is 0.440. The van der Waals surface area contributed by atoms with Gasteiger partial charge in [-0.15, -0.1) is 0 Å². The summed E-state index contributed by atoms with van der Waals surface area (Å²) in [6, 6.07) is 0. The molecule has 0 fully saturated rings. The second kappa shape index (κ2) is 80.2. The Hall–Kier alpha value is 0.531. The van der Waals surface area contributed by atoms with E-state index in [0.717, 1.165) is 20.4 Å². The Morgan fingerprint density at radius 2 is 1.25 bits per heavy atom. The Bertz CT molecular complexity index is 8.00. The van der Waals surface area contributed by atoms with Crippen LogP contribution in [0.4, 0.5) is 0 Å². The first-order valence-corrected chi connectivity index (χ1v) is 1.55. The molecule has 0 N–H and O–H groups in total. The Kier molecular flexibility index (Phi) is 177. The third-order valence-corrected chi connectivity index (χ3v) is 0. The molecule has 0 amide bonds. The molecule has 0 aliphatic carbocycles. The minimum absolute atomic E-state index is 0.750. The van der Waals surface area contributed by atoms with Crippen molar-refractivity contribution in [2.24, 2.45) is 0 Å².